The van der Waals surface area contributed by atoms with Crippen molar-refractivity contribution in [2.24, 2.45) is 16.5 Å². The third kappa shape index (κ3) is 14.2. The lowest BCUT2D eigenvalue weighted by Crippen LogP contribution is -2.43. The number of hydrogen-bond donors (Lipinski definition) is 3. The number of carbonyl (C=O) groups is 2. The highest BCUT2D eigenvalue weighted by Crippen LogP contribution is 2.01. The topological polar surface area (TPSA) is 147 Å². The minimum atomic E-state index is -0.761. The van der Waals surface area contributed by atoms with Crippen molar-refractivity contribution in [2.75, 3.05) is 53.3 Å². The fourth-order valence-electron chi connectivity index (χ4n) is 1.76. The first kappa shape index (κ1) is 23.1. The molecule has 25 heavy (non-hydrogen) atoms. The Morgan fingerprint density at radius 1 is 1.12 bits per heavy atom. The molecule has 0 radical (unpaired) electrons. The van der Waals surface area contributed by atoms with Crippen molar-refractivity contribution in [2.45, 2.75) is 25.8 Å². The Kier molecular flexibility index (Phi) is 14.4. The minimum absolute atomic E-state index is 0.0159. The Labute approximate surface area is 148 Å². The van der Waals surface area contributed by atoms with Gasteiger partial charge in [-0.05, 0) is 19.8 Å². The van der Waals surface area contributed by atoms with Crippen molar-refractivity contribution in [3.05, 3.63) is 0 Å². The van der Waals surface area contributed by atoms with Crippen LogP contribution < -0.4 is 16.8 Å². The van der Waals surface area contributed by atoms with E-state index in [0.717, 1.165) is 0 Å². The highest BCUT2D eigenvalue weighted by atomic mass is 16.5. The number of nitrogens with two attached hydrogens (primary N) is 2. The number of carbonyl (C=O) groups excluding carboxylic acids is 2. The lowest BCUT2D eigenvalue weighted by atomic mass is 10.1. The Hall–Kier alpha value is -1.91. The molecule has 0 unspecified atom stereocenters. The van der Waals surface area contributed by atoms with Gasteiger partial charge in [-0.15, -0.1) is 0 Å². The summed E-state index contributed by atoms with van der Waals surface area (Å²) in [7, 11) is 1.58. The molecule has 0 bridgehead atoms. The number of esters is 1. The summed E-state index contributed by atoms with van der Waals surface area (Å²) in [6.45, 7) is 3.72. The third-order valence-electron chi connectivity index (χ3n) is 2.89. The van der Waals surface area contributed by atoms with E-state index in [1.165, 1.54) is 0 Å². The lowest BCUT2D eigenvalue weighted by molar-refractivity contribution is -0.148. The fourth-order valence-corrected chi connectivity index (χ4v) is 1.76. The molecule has 1 atom stereocenters. The van der Waals surface area contributed by atoms with Gasteiger partial charge >= 0.3 is 5.97 Å². The molecule has 0 aliphatic carbocycles. The van der Waals surface area contributed by atoms with Crippen molar-refractivity contribution in [3.8, 4) is 0 Å². The number of amides is 1. The Balaban J connectivity index is 4.10. The molecule has 0 heterocycles. The van der Waals surface area contributed by atoms with Crippen LogP contribution in [0.5, 0.6) is 0 Å². The zero-order chi connectivity index (χ0) is 18.9. The molecule has 0 saturated carbocycles. The molecule has 0 spiro atoms. The Bertz CT molecular complexity index is 401. The zero-order valence-corrected chi connectivity index (χ0v) is 15.0. The quantitative estimate of drug-likeness (QED) is 0.142. The molecule has 0 aromatic rings. The van der Waals surface area contributed by atoms with Gasteiger partial charge in [-0.1, -0.05) is 0 Å². The molecule has 1 amide bonds. The maximum absolute atomic E-state index is 11.9. The molecule has 0 saturated heterocycles. The van der Waals surface area contributed by atoms with Crippen LogP contribution in [0.1, 0.15) is 19.8 Å². The first-order chi connectivity index (χ1) is 12.0. The van der Waals surface area contributed by atoms with Crippen molar-refractivity contribution in [3.63, 3.8) is 0 Å². The smallest absolute Gasteiger partial charge is 0.328 e. The third-order valence-corrected chi connectivity index (χ3v) is 2.89. The highest BCUT2D eigenvalue weighted by molar-refractivity contribution is 5.85. The number of nitrogens with zero attached hydrogens (tertiary/aromatic N) is 1. The zero-order valence-electron chi connectivity index (χ0n) is 15.0. The maximum Gasteiger partial charge on any atom is 0.328 e. The molecule has 146 valence electrons. The number of aliphatic imine (C=N–C) groups is 1. The molecule has 10 nitrogen and oxygen atoms in total. The summed E-state index contributed by atoms with van der Waals surface area (Å²) in [5.74, 6) is -0.918. The highest BCUT2D eigenvalue weighted by Gasteiger charge is 2.21. The van der Waals surface area contributed by atoms with Crippen molar-refractivity contribution >= 4 is 17.8 Å². The number of methoxy groups -OCH3 is 1. The van der Waals surface area contributed by atoms with Gasteiger partial charge in [0.05, 0.1) is 33.0 Å². The van der Waals surface area contributed by atoms with Crippen molar-refractivity contribution < 1.29 is 28.5 Å². The number of rotatable bonds is 15. The average molecular weight is 362 g/mol. The predicted molar refractivity (Wildman–Crippen MR) is 92.0 cm³/mol. The van der Waals surface area contributed by atoms with Gasteiger partial charge in [0.1, 0.15) is 12.6 Å². The van der Waals surface area contributed by atoms with Crippen molar-refractivity contribution in [1.82, 2.24) is 5.32 Å². The average Bonchev–Trinajstić information content (AvgIpc) is 2.56. The molecule has 0 aliphatic rings. The monoisotopic (exact) mass is 362 g/mol. The van der Waals surface area contributed by atoms with Crippen LogP contribution in [0, 0.1) is 0 Å². The number of hydrogen-bond acceptors (Lipinski definition) is 7. The second kappa shape index (κ2) is 15.6. The predicted octanol–water partition coefficient (Wildman–Crippen LogP) is -1.23. The van der Waals surface area contributed by atoms with Crippen LogP contribution in [0.15, 0.2) is 4.99 Å². The van der Waals surface area contributed by atoms with E-state index < -0.39 is 17.9 Å². The van der Waals surface area contributed by atoms with Gasteiger partial charge in [0.15, 0.2) is 5.96 Å². The SMILES string of the molecule is CCOC(=O)[C@H](CCCN=C(N)N)NC(=O)COCCOCCOC. The maximum atomic E-state index is 11.9. The van der Waals surface area contributed by atoms with E-state index in [4.69, 9.17) is 30.4 Å². The summed E-state index contributed by atoms with van der Waals surface area (Å²) < 4.78 is 20.2. The molecular weight excluding hydrogens is 332 g/mol. The van der Waals surface area contributed by atoms with Crippen molar-refractivity contribution in [1.29, 1.82) is 0 Å². The standard InChI is InChI=1S/C15H30N4O6/c1-3-25-14(21)12(5-4-6-18-15(16)17)19-13(20)11-24-10-9-23-8-7-22-2/h12H,3-11H2,1-2H3,(H,19,20)(H4,16,17,18)/t12-/m0/s1. The van der Waals surface area contributed by atoms with Crippen LogP contribution in [0.2, 0.25) is 0 Å². The normalized spacial score (nSPS) is 11.6. The first-order valence-electron chi connectivity index (χ1n) is 8.17. The summed E-state index contributed by atoms with van der Waals surface area (Å²) in [6, 6.07) is -0.761. The van der Waals surface area contributed by atoms with E-state index in [1.807, 2.05) is 0 Å². The lowest BCUT2D eigenvalue weighted by Gasteiger charge is -2.17. The van der Waals surface area contributed by atoms with Gasteiger partial charge in [-0.25, -0.2) is 4.79 Å². The molecule has 0 aliphatic heterocycles. The molecule has 0 aromatic carbocycles. The first-order valence-corrected chi connectivity index (χ1v) is 8.17. The van der Waals surface area contributed by atoms with Crippen LogP contribution in [0.4, 0.5) is 0 Å². The van der Waals surface area contributed by atoms with E-state index in [1.54, 1.807) is 14.0 Å². The van der Waals surface area contributed by atoms with E-state index >= 15 is 0 Å². The second-order valence-corrected chi connectivity index (χ2v) is 4.98. The number of ether oxygens (including phenoxy) is 4. The summed E-state index contributed by atoms with van der Waals surface area (Å²) >= 11 is 0. The van der Waals surface area contributed by atoms with Crippen LogP contribution in [0.25, 0.3) is 0 Å². The summed E-state index contributed by atoms with van der Waals surface area (Å²) in [4.78, 5) is 27.6. The fraction of sp³-hybridized carbons (Fsp3) is 0.800. The van der Waals surface area contributed by atoms with Gasteiger partial charge in [-0.3, -0.25) is 9.79 Å². The number of nitrogens with one attached hydrogen (secondary N) is 1. The Morgan fingerprint density at radius 3 is 2.44 bits per heavy atom. The minimum Gasteiger partial charge on any atom is -0.464 e. The van der Waals surface area contributed by atoms with E-state index in [2.05, 4.69) is 10.3 Å². The van der Waals surface area contributed by atoms with Gasteiger partial charge in [0, 0.05) is 13.7 Å². The van der Waals surface area contributed by atoms with Crippen LogP contribution >= 0.6 is 0 Å². The largest absolute Gasteiger partial charge is 0.464 e. The second-order valence-electron chi connectivity index (χ2n) is 4.98. The number of guanidine groups is 1. The van der Waals surface area contributed by atoms with E-state index in [9.17, 15) is 9.59 Å². The van der Waals surface area contributed by atoms with Crippen LogP contribution in [-0.2, 0) is 28.5 Å². The summed E-state index contributed by atoms with van der Waals surface area (Å²) in [6.07, 6.45) is 0.886. The molecule has 0 aromatic heterocycles. The van der Waals surface area contributed by atoms with Gasteiger partial charge in [0.25, 0.3) is 0 Å². The van der Waals surface area contributed by atoms with Crippen LogP contribution in [-0.4, -0.2) is 77.2 Å². The van der Waals surface area contributed by atoms with Crippen LogP contribution in [0.3, 0.4) is 0 Å². The summed E-state index contributed by atoms with van der Waals surface area (Å²) in [5.41, 5.74) is 10.5. The molecule has 0 fully saturated rings. The molecule has 10 heteroatoms. The Morgan fingerprint density at radius 2 is 1.80 bits per heavy atom. The summed E-state index contributed by atoms with van der Waals surface area (Å²) in [5, 5.41) is 2.59. The van der Waals surface area contributed by atoms with E-state index in [0.29, 0.717) is 39.2 Å². The van der Waals surface area contributed by atoms with E-state index in [-0.39, 0.29) is 25.8 Å². The molecular formula is C15H30N4O6. The van der Waals surface area contributed by atoms with Gasteiger partial charge in [0.2, 0.25) is 5.91 Å². The molecule has 0 rings (SSSR count). The molecule has 5 N–H and O–H groups in total. The van der Waals surface area contributed by atoms with Gasteiger partial charge in [-0.2, -0.15) is 0 Å². The van der Waals surface area contributed by atoms with Gasteiger partial charge < -0.3 is 35.7 Å².